The Hall–Kier alpha value is -1.56. The van der Waals surface area contributed by atoms with Crippen LogP contribution in [0.4, 0.5) is 5.69 Å². The van der Waals surface area contributed by atoms with Crippen molar-refractivity contribution in [2.75, 3.05) is 23.7 Å². The molecule has 1 atom stereocenters. The van der Waals surface area contributed by atoms with E-state index in [-0.39, 0.29) is 5.91 Å². The van der Waals surface area contributed by atoms with Crippen LogP contribution in [0.1, 0.15) is 43.7 Å². The lowest BCUT2D eigenvalue weighted by Gasteiger charge is -2.32. The molecule has 1 amide bonds. The number of hydrogen-bond donors (Lipinski definition) is 0. The lowest BCUT2D eigenvalue weighted by molar-refractivity contribution is -0.131. The first kappa shape index (κ1) is 18.8. The van der Waals surface area contributed by atoms with Crippen LogP contribution in [0.25, 0.3) is 0 Å². The normalized spacial score (nSPS) is 17.2. The third kappa shape index (κ3) is 4.29. The molecule has 5 nitrogen and oxygen atoms in total. The van der Waals surface area contributed by atoms with Crippen LogP contribution < -0.4 is 4.31 Å². The summed E-state index contributed by atoms with van der Waals surface area (Å²) in [5.41, 5.74) is 2.66. The monoisotopic (exact) mass is 352 g/mol. The van der Waals surface area contributed by atoms with Gasteiger partial charge in [-0.3, -0.25) is 9.10 Å². The summed E-state index contributed by atoms with van der Waals surface area (Å²) in [6.07, 6.45) is 5.40. The first-order valence-electron chi connectivity index (χ1n) is 8.57. The predicted octanol–water partition coefficient (Wildman–Crippen LogP) is 2.86. The van der Waals surface area contributed by atoms with E-state index in [1.54, 1.807) is 13.0 Å². The van der Waals surface area contributed by atoms with Gasteiger partial charge < -0.3 is 4.90 Å². The summed E-state index contributed by atoms with van der Waals surface area (Å²) in [6.45, 7) is 7.04. The zero-order valence-corrected chi connectivity index (χ0v) is 15.9. The Labute approximate surface area is 145 Å². The lowest BCUT2D eigenvalue weighted by atomic mass is 10.1. The Balaban J connectivity index is 2.33. The highest BCUT2D eigenvalue weighted by atomic mass is 32.2. The molecule has 1 aliphatic rings. The zero-order valence-electron chi connectivity index (χ0n) is 15.1. The average molecular weight is 353 g/mol. The van der Waals surface area contributed by atoms with Crippen molar-refractivity contribution in [2.24, 2.45) is 0 Å². The van der Waals surface area contributed by atoms with Gasteiger partial charge in [0.05, 0.1) is 11.9 Å². The summed E-state index contributed by atoms with van der Waals surface area (Å²) in [5.74, 6) is -0.111. The summed E-state index contributed by atoms with van der Waals surface area (Å²) < 4.78 is 26.0. The Morgan fingerprint density at radius 3 is 2.17 bits per heavy atom. The molecule has 6 heteroatoms. The first-order valence-corrected chi connectivity index (χ1v) is 10.4. The Bertz CT molecular complexity index is 692. The van der Waals surface area contributed by atoms with Gasteiger partial charge in [0.2, 0.25) is 15.9 Å². The molecule has 1 heterocycles. The molecule has 0 bridgehead atoms. The fourth-order valence-electron chi connectivity index (χ4n) is 3.22. The fraction of sp³-hybridized carbons (Fsp3) is 0.611. The summed E-state index contributed by atoms with van der Waals surface area (Å²) in [4.78, 5) is 14.7. The number of nitrogens with zero attached hydrogens (tertiary/aromatic N) is 2. The van der Waals surface area contributed by atoms with E-state index in [9.17, 15) is 13.2 Å². The second-order valence-electron chi connectivity index (χ2n) is 6.74. The topological polar surface area (TPSA) is 57.7 Å². The van der Waals surface area contributed by atoms with Gasteiger partial charge in [-0.05, 0) is 56.9 Å². The van der Waals surface area contributed by atoms with E-state index in [1.165, 1.54) is 4.31 Å². The lowest BCUT2D eigenvalue weighted by Crippen LogP contribution is -2.49. The molecule has 0 unspecified atom stereocenters. The summed E-state index contributed by atoms with van der Waals surface area (Å²) in [5, 5.41) is 0. The van der Waals surface area contributed by atoms with Crippen molar-refractivity contribution < 1.29 is 13.2 Å². The van der Waals surface area contributed by atoms with E-state index >= 15 is 0 Å². The average Bonchev–Trinajstić information content (AvgIpc) is 2.78. The van der Waals surface area contributed by atoms with Crippen molar-refractivity contribution in [1.29, 1.82) is 0 Å². The predicted molar refractivity (Wildman–Crippen MR) is 97.7 cm³/mol. The van der Waals surface area contributed by atoms with Crippen LogP contribution in [0, 0.1) is 13.8 Å². The SMILES string of the molecule is Cc1ccc(N([C@H](C)C(=O)N2CCCCCC2)S(C)(=O)=O)cc1C. The van der Waals surface area contributed by atoms with Crippen molar-refractivity contribution in [3.63, 3.8) is 0 Å². The van der Waals surface area contributed by atoms with Gasteiger partial charge in [-0.25, -0.2) is 8.42 Å². The summed E-state index contributed by atoms with van der Waals surface area (Å²) in [7, 11) is -3.55. The standard InChI is InChI=1S/C18H28N2O3S/c1-14-9-10-17(13-15(14)2)20(24(4,22)23)16(3)18(21)19-11-7-5-6-8-12-19/h9-10,13,16H,5-8,11-12H2,1-4H3/t16-/m1/s1. The van der Waals surface area contributed by atoms with Gasteiger partial charge in [-0.2, -0.15) is 0 Å². The van der Waals surface area contributed by atoms with Gasteiger partial charge in [0, 0.05) is 13.1 Å². The molecule has 1 aromatic carbocycles. The smallest absolute Gasteiger partial charge is 0.246 e. The Morgan fingerprint density at radius 1 is 1.08 bits per heavy atom. The minimum atomic E-state index is -3.55. The molecule has 0 aliphatic carbocycles. The van der Waals surface area contributed by atoms with Crippen molar-refractivity contribution in [3.05, 3.63) is 29.3 Å². The van der Waals surface area contributed by atoms with Crippen molar-refractivity contribution in [2.45, 2.75) is 52.5 Å². The maximum absolute atomic E-state index is 12.9. The largest absolute Gasteiger partial charge is 0.341 e. The van der Waals surface area contributed by atoms with Crippen molar-refractivity contribution in [1.82, 2.24) is 4.90 Å². The minimum Gasteiger partial charge on any atom is -0.341 e. The number of carbonyl (C=O) groups is 1. The van der Waals surface area contributed by atoms with Gasteiger partial charge in [0.15, 0.2) is 0 Å². The van der Waals surface area contributed by atoms with E-state index in [0.717, 1.165) is 43.1 Å². The second-order valence-corrected chi connectivity index (χ2v) is 8.60. The Morgan fingerprint density at radius 2 is 1.67 bits per heavy atom. The molecular weight excluding hydrogens is 324 g/mol. The highest BCUT2D eigenvalue weighted by Crippen LogP contribution is 2.25. The molecule has 134 valence electrons. The van der Waals surface area contributed by atoms with Gasteiger partial charge in [-0.15, -0.1) is 0 Å². The third-order valence-corrected chi connectivity index (χ3v) is 5.97. The highest BCUT2D eigenvalue weighted by molar-refractivity contribution is 7.92. The molecule has 2 rings (SSSR count). The van der Waals surface area contributed by atoms with E-state index in [2.05, 4.69) is 0 Å². The number of hydrogen-bond acceptors (Lipinski definition) is 3. The van der Waals surface area contributed by atoms with Crippen LogP contribution in [0.2, 0.25) is 0 Å². The van der Waals surface area contributed by atoms with E-state index in [4.69, 9.17) is 0 Å². The number of carbonyl (C=O) groups excluding carboxylic acids is 1. The molecule has 0 N–H and O–H groups in total. The number of aryl methyl sites for hydroxylation is 2. The van der Waals surface area contributed by atoms with Gasteiger partial charge in [0.1, 0.15) is 6.04 Å². The first-order chi connectivity index (χ1) is 11.2. The van der Waals surface area contributed by atoms with Crippen LogP contribution in [-0.4, -0.2) is 44.6 Å². The zero-order chi connectivity index (χ0) is 17.9. The molecular formula is C18H28N2O3S. The van der Waals surface area contributed by atoms with Crippen LogP contribution in [0.5, 0.6) is 0 Å². The quantitative estimate of drug-likeness (QED) is 0.837. The number of anilines is 1. The Kier molecular flexibility index (Phi) is 5.91. The molecule has 0 spiro atoms. The number of likely N-dealkylation sites (tertiary alicyclic amines) is 1. The minimum absolute atomic E-state index is 0.111. The number of amides is 1. The maximum Gasteiger partial charge on any atom is 0.246 e. The van der Waals surface area contributed by atoms with Crippen LogP contribution >= 0.6 is 0 Å². The molecule has 24 heavy (non-hydrogen) atoms. The molecule has 1 saturated heterocycles. The van der Waals surface area contributed by atoms with Gasteiger partial charge >= 0.3 is 0 Å². The molecule has 1 aliphatic heterocycles. The van der Waals surface area contributed by atoms with Crippen LogP contribution in [0.15, 0.2) is 18.2 Å². The van der Waals surface area contributed by atoms with Crippen LogP contribution in [0.3, 0.4) is 0 Å². The van der Waals surface area contributed by atoms with Gasteiger partial charge in [-0.1, -0.05) is 18.9 Å². The number of benzene rings is 1. The molecule has 0 saturated carbocycles. The second kappa shape index (κ2) is 7.55. The third-order valence-electron chi connectivity index (χ3n) is 4.73. The molecule has 0 radical (unpaired) electrons. The number of rotatable bonds is 4. The van der Waals surface area contributed by atoms with Crippen LogP contribution in [-0.2, 0) is 14.8 Å². The summed E-state index contributed by atoms with van der Waals surface area (Å²) >= 11 is 0. The van der Waals surface area contributed by atoms with Crippen molar-refractivity contribution in [3.8, 4) is 0 Å². The van der Waals surface area contributed by atoms with E-state index in [1.807, 2.05) is 30.9 Å². The maximum atomic E-state index is 12.9. The van der Waals surface area contributed by atoms with E-state index < -0.39 is 16.1 Å². The highest BCUT2D eigenvalue weighted by Gasteiger charge is 2.32. The fourth-order valence-corrected chi connectivity index (χ4v) is 4.38. The molecule has 0 aromatic heterocycles. The van der Waals surface area contributed by atoms with E-state index in [0.29, 0.717) is 18.8 Å². The molecule has 1 aromatic rings. The van der Waals surface area contributed by atoms with Gasteiger partial charge in [0.25, 0.3) is 0 Å². The summed E-state index contributed by atoms with van der Waals surface area (Å²) in [6, 6.07) is 4.77. The molecule has 1 fully saturated rings. The number of sulfonamides is 1. The van der Waals surface area contributed by atoms with Crippen molar-refractivity contribution >= 4 is 21.6 Å².